The maximum absolute atomic E-state index is 11.6. The molecule has 1 aliphatic carbocycles. The Labute approximate surface area is 137 Å². The average molecular weight is 347 g/mol. The zero-order valence-electron chi connectivity index (χ0n) is 11.8. The summed E-state index contributed by atoms with van der Waals surface area (Å²) < 4.78 is 2.92. The van der Waals surface area contributed by atoms with Gasteiger partial charge in [-0.05, 0) is 12.8 Å². The Morgan fingerprint density at radius 2 is 1.05 bits per heavy atom. The molecule has 20 heavy (non-hydrogen) atoms. The van der Waals surface area contributed by atoms with Gasteiger partial charge in [0, 0.05) is 10.5 Å². The van der Waals surface area contributed by atoms with Crippen molar-refractivity contribution in [2.24, 2.45) is 0 Å². The largest absolute Gasteiger partial charge is 0.289 e. The number of hydrogen-bond donors (Lipinski definition) is 0. The summed E-state index contributed by atoms with van der Waals surface area (Å²) in [5, 5.41) is 1.49. The molecule has 5 heteroatoms. The molecule has 1 fully saturated rings. The van der Waals surface area contributed by atoms with Crippen molar-refractivity contribution in [2.45, 2.75) is 83.1 Å². The fraction of sp³-hybridized carbons (Fsp3) is 0.800. The zero-order valence-corrected chi connectivity index (χ0v) is 15.0. The lowest BCUT2D eigenvalue weighted by Crippen LogP contribution is -2.22. The molecule has 1 aromatic rings. The van der Waals surface area contributed by atoms with Crippen molar-refractivity contribution in [1.29, 1.82) is 0 Å². The third kappa shape index (κ3) is 4.05. The molecule has 112 valence electrons. The molecule has 0 radical (unpaired) electrons. The second-order valence-electron chi connectivity index (χ2n) is 5.75. The first-order chi connectivity index (χ1) is 9.83. The molecule has 0 spiro atoms. The van der Waals surface area contributed by atoms with Gasteiger partial charge < -0.3 is 0 Å². The molecule has 1 aromatic heterocycles. The molecule has 3 rings (SSSR count). The first-order valence-corrected chi connectivity index (χ1v) is 11.2. The second kappa shape index (κ2) is 7.70. The van der Waals surface area contributed by atoms with Crippen LogP contribution in [-0.2, 0) is 0 Å². The normalized spacial score (nSPS) is 28.8. The smallest absolute Gasteiger partial charge is 0.265 e. The first-order valence-electron chi connectivity index (χ1n) is 7.80. The lowest BCUT2D eigenvalue weighted by atomic mass is 10.0. The Kier molecular flexibility index (Phi) is 5.95. The Bertz CT molecular complexity index is 438. The molecular weight excluding hydrogens is 324 g/mol. The quantitative estimate of drug-likeness (QED) is 0.572. The van der Waals surface area contributed by atoms with Crippen LogP contribution in [0.25, 0.3) is 0 Å². The minimum absolute atomic E-state index is 0.285. The van der Waals surface area contributed by atoms with E-state index in [4.69, 9.17) is 0 Å². The first kappa shape index (κ1) is 15.4. The molecular formula is C15H22OS4. The van der Waals surface area contributed by atoms with E-state index in [1.165, 1.54) is 95.3 Å². The minimum atomic E-state index is 0.285. The summed E-state index contributed by atoms with van der Waals surface area (Å²) >= 11 is 7.00. The van der Waals surface area contributed by atoms with E-state index >= 15 is 0 Å². The van der Waals surface area contributed by atoms with Crippen molar-refractivity contribution in [1.82, 2.24) is 0 Å². The standard InChI is InChI=1S/C15H22OS4/c16-15-19-13-14(20-15)18-12-10-8-6-4-2-1-3-5-7-9-11(12)17-13/h11-12H,1-10H2/t11-,12-/m1/s1. The van der Waals surface area contributed by atoms with Crippen LogP contribution in [0.1, 0.15) is 64.2 Å². The van der Waals surface area contributed by atoms with E-state index in [2.05, 4.69) is 0 Å². The van der Waals surface area contributed by atoms with Gasteiger partial charge in [-0.25, -0.2) is 0 Å². The van der Waals surface area contributed by atoms with Gasteiger partial charge in [-0.15, -0.1) is 23.5 Å². The molecule has 2 aliphatic rings. The number of fused-ring (bicyclic) bond motifs is 2. The fourth-order valence-electron chi connectivity index (χ4n) is 3.07. The highest BCUT2D eigenvalue weighted by Gasteiger charge is 2.31. The number of thioether (sulfide) groups is 2. The highest BCUT2D eigenvalue weighted by atomic mass is 32.2. The van der Waals surface area contributed by atoms with E-state index in [1.807, 2.05) is 23.5 Å². The van der Waals surface area contributed by atoms with Crippen molar-refractivity contribution in [3.8, 4) is 0 Å². The summed E-state index contributed by atoms with van der Waals surface area (Å²) in [6.07, 6.45) is 14.0. The maximum Gasteiger partial charge on any atom is 0.289 e. The van der Waals surface area contributed by atoms with Gasteiger partial charge in [-0.3, -0.25) is 4.79 Å². The Balaban J connectivity index is 1.69. The van der Waals surface area contributed by atoms with Crippen molar-refractivity contribution in [3.63, 3.8) is 0 Å². The van der Waals surface area contributed by atoms with Gasteiger partial charge >= 0.3 is 0 Å². The third-order valence-electron chi connectivity index (χ3n) is 4.18. The molecule has 2 heterocycles. The van der Waals surface area contributed by atoms with Crippen LogP contribution in [0.15, 0.2) is 13.2 Å². The molecule has 0 bridgehead atoms. The lowest BCUT2D eigenvalue weighted by molar-refractivity contribution is 0.514. The van der Waals surface area contributed by atoms with Crippen LogP contribution in [-0.4, -0.2) is 10.5 Å². The molecule has 1 nitrogen and oxygen atoms in total. The Morgan fingerprint density at radius 3 is 1.50 bits per heavy atom. The van der Waals surface area contributed by atoms with Gasteiger partial charge in [0.25, 0.3) is 4.06 Å². The van der Waals surface area contributed by atoms with E-state index in [1.54, 1.807) is 0 Å². The van der Waals surface area contributed by atoms with E-state index < -0.39 is 0 Å². The van der Waals surface area contributed by atoms with Crippen molar-refractivity contribution < 1.29 is 0 Å². The molecule has 0 unspecified atom stereocenters. The summed E-state index contributed by atoms with van der Waals surface area (Å²) in [4.78, 5) is 11.6. The molecule has 0 N–H and O–H groups in total. The van der Waals surface area contributed by atoms with Crippen LogP contribution in [0.3, 0.4) is 0 Å². The van der Waals surface area contributed by atoms with Crippen LogP contribution in [0.2, 0.25) is 0 Å². The molecule has 0 aromatic carbocycles. The summed E-state index contributed by atoms with van der Waals surface area (Å²) in [6, 6.07) is 0. The maximum atomic E-state index is 11.6. The SMILES string of the molecule is O=c1sc2c(s1)S[C@@H]1CCCCCCCCCC[C@H]1S2. The van der Waals surface area contributed by atoms with E-state index in [0.29, 0.717) is 0 Å². The van der Waals surface area contributed by atoms with E-state index in [9.17, 15) is 4.79 Å². The summed E-state index contributed by atoms with van der Waals surface area (Å²) in [5.74, 6) is 0. The number of rotatable bonds is 0. The summed E-state index contributed by atoms with van der Waals surface area (Å²) in [6.45, 7) is 0. The Morgan fingerprint density at radius 1 is 0.650 bits per heavy atom. The molecule has 0 saturated heterocycles. The highest BCUT2D eigenvalue weighted by molar-refractivity contribution is 8.08. The van der Waals surface area contributed by atoms with Gasteiger partial charge in [-0.1, -0.05) is 74.0 Å². The Hall–Kier alpha value is 0.550. The molecule has 1 saturated carbocycles. The van der Waals surface area contributed by atoms with Gasteiger partial charge in [0.05, 0.1) is 8.42 Å². The van der Waals surface area contributed by atoms with Gasteiger partial charge in [0.1, 0.15) is 0 Å². The fourth-order valence-corrected chi connectivity index (χ4v) is 9.40. The van der Waals surface area contributed by atoms with Crippen molar-refractivity contribution >= 4 is 46.2 Å². The zero-order chi connectivity index (χ0) is 13.8. The second-order valence-corrected chi connectivity index (χ2v) is 11.0. The molecule has 1 aliphatic heterocycles. The predicted molar refractivity (Wildman–Crippen MR) is 93.9 cm³/mol. The average Bonchev–Trinajstić information content (AvgIpc) is 2.77. The predicted octanol–water partition coefficient (Wildman–Crippen LogP) is 6.02. The van der Waals surface area contributed by atoms with Crippen LogP contribution >= 0.6 is 46.2 Å². The van der Waals surface area contributed by atoms with Gasteiger partial charge in [-0.2, -0.15) is 0 Å². The molecule has 2 atom stereocenters. The van der Waals surface area contributed by atoms with E-state index in [0.717, 1.165) is 10.5 Å². The molecule has 0 amide bonds. The lowest BCUT2D eigenvalue weighted by Gasteiger charge is -2.30. The summed E-state index contributed by atoms with van der Waals surface area (Å²) in [7, 11) is 0. The van der Waals surface area contributed by atoms with Crippen LogP contribution in [0.5, 0.6) is 0 Å². The summed E-state index contributed by atoms with van der Waals surface area (Å²) in [5.41, 5.74) is 0. The third-order valence-corrected chi connectivity index (χ3v) is 10.1. The monoisotopic (exact) mass is 346 g/mol. The topological polar surface area (TPSA) is 17.1 Å². The highest BCUT2D eigenvalue weighted by Crippen LogP contribution is 2.51. The van der Waals surface area contributed by atoms with Crippen LogP contribution in [0, 0.1) is 0 Å². The number of hydrogen-bond acceptors (Lipinski definition) is 5. The van der Waals surface area contributed by atoms with Crippen molar-refractivity contribution in [2.75, 3.05) is 0 Å². The van der Waals surface area contributed by atoms with Crippen LogP contribution in [0.4, 0.5) is 0 Å². The van der Waals surface area contributed by atoms with Gasteiger partial charge in [0.15, 0.2) is 0 Å². The minimum Gasteiger partial charge on any atom is -0.265 e. The van der Waals surface area contributed by atoms with Crippen molar-refractivity contribution in [3.05, 3.63) is 8.85 Å². The van der Waals surface area contributed by atoms with Crippen LogP contribution < -0.4 is 4.06 Å². The van der Waals surface area contributed by atoms with Gasteiger partial charge in [0.2, 0.25) is 0 Å². The van der Waals surface area contributed by atoms with E-state index in [-0.39, 0.29) is 4.06 Å².